The summed E-state index contributed by atoms with van der Waals surface area (Å²) >= 11 is 0. The molecule has 0 spiro atoms. The molecule has 1 aromatic heterocycles. The lowest BCUT2D eigenvalue weighted by atomic mass is 10.1. The van der Waals surface area contributed by atoms with Crippen LogP contribution in [0.1, 0.15) is 21.5 Å². The van der Waals surface area contributed by atoms with Gasteiger partial charge in [0.25, 0.3) is 11.5 Å². The number of likely N-dealkylation sites (N-methyl/N-ethyl adjacent to an activating group) is 1. The third-order valence-electron chi connectivity index (χ3n) is 3.53. The summed E-state index contributed by atoms with van der Waals surface area (Å²) in [4.78, 5) is 27.7. The number of amides is 1. The van der Waals surface area contributed by atoms with E-state index in [1.54, 1.807) is 12.1 Å². The zero-order chi connectivity index (χ0) is 18.6. The molecule has 8 heteroatoms. The zero-order valence-electron chi connectivity index (χ0n) is 13.8. The number of carbonyl (C=O) groups excluding carboxylic acids is 1. The topological polar surface area (TPSA) is 65.2 Å². The molecule has 0 fully saturated rings. The highest BCUT2D eigenvalue weighted by Gasteiger charge is 2.32. The van der Waals surface area contributed by atoms with Gasteiger partial charge in [0, 0.05) is 18.4 Å². The van der Waals surface area contributed by atoms with Gasteiger partial charge in [-0.15, -0.1) is 0 Å². The fourth-order valence-electron chi connectivity index (χ4n) is 2.12. The van der Waals surface area contributed by atoms with E-state index in [-0.39, 0.29) is 0 Å². The third kappa shape index (κ3) is 5.18. The minimum absolute atomic E-state index is 0.399. The average molecular weight is 353 g/mol. The van der Waals surface area contributed by atoms with Crippen LogP contribution in [0.2, 0.25) is 0 Å². The third-order valence-corrected chi connectivity index (χ3v) is 3.53. The molecule has 2 aromatic rings. The van der Waals surface area contributed by atoms with Crippen LogP contribution in [0.5, 0.6) is 0 Å². The lowest BCUT2D eigenvalue weighted by Gasteiger charge is -2.10. The van der Waals surface area contributed by atoms with Crippen LogP contribution in [0.4, 0.5) is 18.9 Å². The Hall–Kier alpha value is -2.61. The summed E-state index contributed by atoms with van der Waals surface area (Å²) in [6.07, 6.45) is -3.28. The molecule has 0 aliphatic rings. The van der Waals surface area contributed by atoms with Crippen molar-refractivity contribution in [3.05, 3.63) is 63.6 Å². The van der Waals surface area contributed by atoms with Crippen molar-refractivity contribution >= 4 is 11.6 Å². The molecule has 1 aromatic carbocycles. The number of rotatable bonds is 5. The van der Waals surface area contributed by atoms with Gasteiger partial charge < -0.3 is 15.2 Å². The van der Waals surface area contributed by atoms with Gasteiger partial charge in [-0.05, 0) is 44.3 Å². The molecular formula is C17H18F3N3O2. The fraction of sp³-hybridized carbons (Fsp3) is 0.294. The largest absolute Gasteiger partial charge is 0.417 e. The Morgan fingerprint density at radius 3 is 2.40 bits per heavy atom. The van der Waals surface area contributed by atoms with Crippen LogP contribution in [0.25, 0.3) is 0 Å². The predicted octanol–water partition coefficient (Wildman–Crippen LogP) is 2.75. The Kier molecular flexibility index (Phi) is 5.63. The van der Waals surface area contributed by atoms with Crippen molar-refractivity contribution in [2.24, 2.45) is 0 Å². The fourth-order valence-corrected chi connectivity index (χ4v) is 2.12. The number of hydrogen-bond donors (Lipinski definition) is 2. The molecular weight excluding hydrogens is 335 g/mol. The molecule has 5 nitrogen and oxygen atoms in total. The van der Waals surface area contributed by atoms with E-state index in [1.807, 2.05) is 36.1 Å². The highest BCUT2D eigenvalue weighted by atomic mass is 19.4. The van der Waals surface area contributed by atoms with Gasteiger partial charge in [-0.25, -0.2) is 0 Å². The maximum Gasteiger partial charge on any atom is 0.417 e. The second kappa shape index (κ2) is 7.52. The molecule has 2 N–H and O–H groups in total. The van der Waals surface area contributed by atoms with Crippen molar-refractivity contribution in [2.75, 3.05) is 26.0 Å². The van der Waals surface area contributed by atoms with E-state index in [1.165, 1.54) is 0 Å². The van der Waals surface area contributed by atoms with Gasteiger partial charge in [0.15, 0.2) is 0 Å². The molecule has 0 saturated heterocycles. The van der Waals surface area contributed by atoms with Crippen molar-refractivity contribution in [3.63, 3.8) is 0 Å². The molecule has 1 amide bonds. The first-order valence-corrected chi connectivity index (χ1v) is 7.52. The van der Waals surface area contributed by atoms with E-state index in [0.29, 0.717) is 18.0 Å². The molecule has 0 unspecified atom stereocenters. The zero-order valence-corrected chi connectivity index (χ0v) is 13.8. The summed E-state index contributed by atoms with van der Waals surface area (Å²) in [5.74, 6) is -0.895. The van der Waals surface area contributed by atoms with E-state index in [9.17, 15) is 22.8 Å². The van der Waals surface area contributed by atoms with Crippen LogP contribution in [0, 0.1) is 0 Å². The number of nitrogens with zero attached hydrogens (tertiary/aromatic N) is 1. The second-order valence-corrected chi connectivity index (χ2v) is 5.83. The minimum Gasteiger partial charge on any atom is -0.328 e. The van der Waals surface area contributed by atoms with Crippen molar-refractivity contribution in [1.29, 1.82) is 0 Å². The van der Waals surface area contributed by atoms with Crippen LogP contribution < -0.4 is 10.9 Å². The summed E-state index contributed by atoms with van der Waals surface area (Å²) in [7, 11) is 3.92. The molecule has 0 radical (unpaired) electrons. The summed E-state index contributed by atoms with van der Waals surface area (Å²) in [5, 5.41) is 2.43. The number of anilines is 1. The molecule has 25 heavy (non-hydrogen) atoms. The molecule has 0 bridgehead atoms. The number of carbonyl (C=O) groups is 1. The summed E-state index contributed by atoms with van der Waals surface area (Å²) in [6.45, 7) is 0.866. The maximum atomic E-state index is 12.7. The molecule has 0 atom stereocenters. The molecule has 2 rings (SSSR count). The molecule has 1 heterocycles. The van der Waals surface area contributed by atoms with Crippen LogP contribution in [-0.4, -0.2) is 36.4 Å². The van der Waals surface area contributed by atoms with E-state index in [0.717, 1.165) is 18.5 Å². The number of alkyl halides is 3. The van der Waals surface area contributed by atoms with E-state index >= 15 is 0 Å². The van der Waals surface area contributed by atoms with Gasteiger partial charge >= 0.3 is 6.18 Å². The Bertz CT molecular complexity index is 796. The van der Waals surface area contributed by atoms with E-state index in [4.69, 9.17) is 0 Å². The Morgan fingerprint density at radius 2 is 1.84 bits per heavy atom. The van der Waals surface area contributed by atoms with E-state index in [2.05, 4.69) is 5.32 Å². The van der Waals surface area contributed by atoms with Crippen molar-refractivity contribution in [3.8, 4) is 0 Å². The van der Waals surface area contributed by atoms with Gasteiger partial charge in [-0.2, -0.15) is 13.2 Å². The monoisotopic (exact) mass is 353 g/mol. The number of aromatic amines is 1. The molecule has 134 valence electrons. The normalized spacial score (nSPS) is 11.6. The van der Waals surface area contributed by atoms with Gasteiger partial charge in [-0.3, -0.25) is 9.59 Å². The minimum atomic E-state index is -4.65. The molecule has 0 aliphatic carbocycles. The SMILES string of the molecule is CN(C)CCc1ccc(NC(=O)c2cc(C(F)(F)F)c[nH]c2=O)cc1. The van der Waals surface area contributed by atoms with Crippen LogP contribution in [0.15, 0.2) is 41.3 Å². The number of hydrogen-bond acceptors (Lipinski definition) is 3. The van der Waals surface area contributed by atoms with Crippen LogP contribution in [-0.2, 0) is 12.6 Å². The number of H-pyrrole nitrogens is 1. The number of aromatic nitrogens is 1. The summed E-state index contributed by atoms with van der Waals surface area (Å²) in [6, 6.07) is 7.46. The van der Waals surface area contributed by atoms with Crippen molar-refractivity contribution in [1.82, 2.24) is 9.88 Å². The second-order valence-electron chi connectivity index (χ2n) is 5.83. The van der Waals surface area contributed by atoms with Gasteiger partial charge in [0.05, 0.1) is 5.56 Å². The lowest BCUT2D eigenvalue weighted by Crippen LogP contribution is -2.24. The van der Waals surface area contributed by atoms with Gasteiger partial charge in [0.1, 0.15) is 5.56 Å². The first kappa shape index (κ1) is 18.7. The number of nitrogens with one attached hydrogen (secondary N) is 2. The Morgan fingerprint density at radius 1 is 1.20 bits per heavy atom. The Balaban J connectivity index is 2.13. The highest BCUT2D eigenvalue weighted by molar-refractivity contribution is 6.04. The van der Waals surface area contributed by atoms with Gasteiger partial charge in [-0.1, -0.05) is 12.1 Å². The summed E-state index contributed by atoms with van der Waals surface area (Å²) in [5.41, 5.74) is -1.10. The lowest BCUT2D eigenvalue weighted by molar-refractivity contribution is -0.137. The molecule has 0 aliphatic heterocycles. The Labute approximate surface area is 142 Å². The average Bonchev–Trinajstić information content (AvgIpc) is 2.53. The standard InChI is InChI=1S/C17H18F3N3O2/c1-23(2)8-7-11-3-5-13(6-4-11)22-16(25)14-9-12(17(18,19)20)10-21-15(14)24/h3-6,9-10H,7-8H2,1-2H3,(H,21,24)(H,22,25). The number of pyridine rings is 1. The first-order chi connectivity index (χ1) is 11.7. The summed E-state index contributed by atoms with van der Waals surface area (Å²) < 4.78 is 38.1. The van der Waals surface area contributed by atoms with Crippen molar-refractivity contribution < 1.29 is 18.0 Å². The quantitative estimate of drug-likeness (QED) is 0.869. The highest BCUT2D eigenvalue weighted by Crippen LogP contribution is 2.28. The number of benzene rings is 1. The number of halogens is 3. The smallest absolute Gasteiger partial charge is 0.328 e. The van der Waals surface area contributed by atoms with Crippen molar-refractivity contribution in [2.45, 2.75) is 12.6 Å². The molecule has 0 saturated carbocycles. The predicted molar refractivity (Wildman–Crippen MR) is 88.7 cm³/mol. The van der Waals surface area contributed by atoms with Crippen LogP contribution in [0.3, 0.4) is 0 Å². The maximum absolute atomic E-state index is 12.7. The van der Waals surface area contributed by atoms with Gasteiger partial charge in [0.2, 0.25) is 0 Å². The van der Waals surface area contributed by atoms with E-state index < -0.39 is 28.8 Å². The first-order valence-electron chi connectivity index (χ1n) is 7.52. The van der Waals surface area contributed by atoms with Crippen LogP contribution >= 0.6 is 0 Å².